The third kappa shape index (κ3) is 8.85. The monoisotopic (exact) mass is 525 g/mol. The second kappa shape index (κ2) is 13.5. The van der Waals surface area contributed by atoms with Crippen LogP contribution < -0.4 is 16.4 Å². The lowest BCUT2D eigenvalue weighted by molar-refractivity contribution is -0.140. The third-order valence-corrected chi connectivity index (χ3v) is 8.84. The van der Waals surface area contributed by atoms with E-state index >= 15 is 0 Å². The van der Waals surface area contributed by atoms with Crippen molar-refractivity contribution in [2.75, 3.05) is 18.8 Å². The smallest absolute Gasteiger partial charge is 0.408 e. The molecule has 36 heavy (non-hydrogen) atoms. The fourth-order valence-corrected chi connectivity index (χ4v) is 5.96. The summed E-state index contributed by atoms with van der Waals surface area (Å²) in [5.41, 5.74) is 5.64. The van der Waals surface area contributed by atoms with E-state index in [0.29, 0.717) is 31.3 Å². The van der Waals surface area contributed by atoms with Crippen LogP contribution in [0.5, 0.6) is 0 Å². The topological polar surface area (TPSA) is 138 Å². The number of hydrogen-bond donors (Lipinski definition) is 4. The van der Waals surface area contributed by atoms with Crippen LogP contribution in [0.1, 0.15) is 80.1 Å². The Hall–Kier alpha value is -1.97. The Kier molecular flexibility index (Phi) is 11.4. The lowest BCUT2D eigenvalue weighted by Crippen LogP contribution is -2.60. The Labute approximate surface area is 220 Å². The standard InChI is InChI=1S/C26H47N5O4S/c1-16(2)15-36-26(5,6)21(30-25(34)35-17(3)4)24(33)31-13-7-8-20(31)23(32)29-14-18-9-11-19(12-10-18)22(27)28/h16-21H,7-15H2,1-6H3,(H3,27,28)(H,29,32)(H,30,34)/t18-,19-,20-,21-/m0/s1. The highest BCUT2D eigenvalue weighted by Crippen LogP contribution is 2.33. The molecule has 2 atom stereocenters. The summed E-state index contributed by atoms with van der Waals surface area (Å²) in [5.74, 6) is 1.68. The van der Waals surface area contributed by atoms with Gasteiger partial charge in [0.2, 0.25) is 11.8 Å². The fourth-order valence-electron chi connectivity index (χ4n) is 4.87. The minimum Gasteiger partial charge on any atom is -0.447 e. The van der Waals surface area contributed by atoms with Crippen LogP contribution >= 0.6 is 11.8 Å². The van der Waals surface area contributed by atoms with E-state index in [-0.39, 0.29) is 29.7 Å². The highest BCUT2D eigenvalue weighted by atomic mass is 32.2. The first-order chi connectivity index (χ1) is 16.8. The summed E-state index contributed by atoms with van der Waals surface area (Å²) in [6, 6.07) is -1.36. The van der Waals surface area contributed by atoms with Crippen molar-refractivity contribution in [3.63, 3.8) is 0 Å². The van der Waals surface area contributed by atoms with E-state index in [0.717, 1.165) is 37.9 Å². The Morgan fingerprint density at radius 3 is 2.31 bits per heavy atom. The maximum Gasteiger partial charge on any atom is 0.408 e. The second-order valence-corrected chi connectivity index (χ2v) is 13.1. The van der Waals surface area contributed by atoms with Crippen molar-refractivity contribution in [2.45, 2.75) is 103 Å². The Bertz CT molecular complexity index is 780. The van der Waals surface area contributed by atoms with Gasteiger partial charge in [0.1, 0.15) is 12.1 Å². The number of rotatable bonds is 11. The molecule has 0 unspecified atom stereocenters. The molecule has 3 amide bonds. The first-order valence-electron chi connectivity index (χ1n) is 13.3. The molecule has 9 nitrogen and oxygen atoms in total. The van der Waals surface area contributed by atoms with E-state index in [1.165, 1.54) is 0 Å². The average Bonchev–Trinajstić information content (AvgIpc) is 3.29. The van der Waals surface area contributed by atoms with Gasteiger partial charge in [0.15, 0.2) is 0 Å². The zero-order valence-electron chi connectivity index (χ0n) is 22.9. The number of alkyl carbamates (subject to hydrolysis) is 1. The largest absolute Gasteiger partial charge is 0.447 e. The van der Waals surface area contributed by atoms with Crippen LogP contribution in [0, 0.1) is 23.2 Å². The summed E-state index contributed by atoms with van der Waals surface area (Å²) >= 11 is 1.64. The van der Waals surface area contributed by atoms with E-state index in [9.17, 15) is 14.4 Å². The van der Waals surface area contributed by atoms with Gasteiger partial charge in [0.25, 0.3) is 0 Å². The maximum absolute atomic E-state index is 13.8. The van der Waals surface area contributed by atoms with Crippen molar-refractivity contribution in [3.05, 3.63) is 0 Å². The van der Waals surface area contributed by atoms with Crippen LogP contribution in [0.3, 0.4) is 0 Å². The number of amidine groups is 1. The van der Waals surface area contributed by atoms with Crippen LogP contribution in [0.4, 0.5) is 4.79 Å². The van der Waals surface area contributed by atoms with E-state index in [1.807, 2.05) is 13.8 Å². The Morgan fingerprint density at radius 1 is 1.11 bits per heavy atom. The van der Waals surface area contributed by atoms with Gasteiger partial charge in [0.05, 0.1) is 11.9 Å². The summed E-state index contributed by atoms with van der Waals surface area (Å²) in [4.78, 5) is 41.1. The van der Waals surface area contributed by atoms with Crippen LogP contribution in [-0.2, 0) is 14.3 Å². The fraction of sp³-hybridized carbons (Fsp3) is 0.846. The number of carbonyl (C=O) groups is 3. The molecule has 1 saturated carbocycles. The normalized spacial score (nSPS) is 23.4. The summed E-state index contributed by atoms with van der Waals surface area (Å²) in [6.07, 6.45) is 4.06. The van der Waals surface area contributed by atoms with Crippen molar-refractivity contribution in [2.24, 2.45) is 23.5 Å². The molecule has 1 aliphatic heterocycles. The van der Waals surface area contributed by atoms with Gasteiger partial charge in [-0.25, -0.2) is 4.79 Å². The molecule has 0 spiro atoms. The van der Waals surface area contributed by atoms with Gasteiger partial charge in [-0.15, -0.1) is 0 Å². The van der Waals surface area contributed by atoms with Crippen LogP contribution in [0.2, 0.25) is 0 Å². The number of ether oxygens (including phenoxy) is 1. The van der Waals surface area contributed by atoms with E-state index in [1.54, 1.807) is 30.5 Å². The summed E-state index contributed by atoms with van der Waals surface area (Å²) in [7, 11) is 0. The molecule has 0 radical (unpaired) electrons. The van der Waals surface area contributed by atoms with Crippen molar-refractivity contribution in [3.8, 4) is 0 Å². The number of nitrogens with two attached hydrogens (primary N) is 1. The molecule has 1 saturated heterocycles. The zero-order chi connectivity index (χ0) is 27.0. The van der Waals surface area contributed by atoms with Crippen LogP contribution in [0.15, 0.2) is 0 Å². The summed E-state index contributed by atoms with van der Waals surface area (Å²) in [5, 5.41) is 13.5. The highest BCUT2D eigenvalue weighted by Gasteiger charge is 2.44. The van der Waals surface area contributed by atoms with Crippen molar-refractivity contribution in [1.29, 1.82) is 5.41 Å². The Balaban J connectivity index is 2.06. The molecule has 2 rings (SSSR count). The summed E-state index contributed by atoms with van der Waals surface area (Å²) < 4.78 is 4.70. The Morgan fingerprint density at radius 2 is 1.75 bits per heavy atom. The second-order valence-electron chi connectivity index (χ2n) is 11.4. The van der Waals surface area contributed by atoms with Gasteiger partial charge in [0, 0.05) is 23.8 Å². The molecule has 1 aliphatic carbocycles. The SMILES string of the molecule is CC(C)CSC(C)(C)[C@@H](NC(=O)OC(C)C)C(=O)N1CCC[C@H]1C(=O)NC[C@H]1CC[C@H](C(=N)N)CC1. The number of carbonyl (C=O) groups excluding carboxylic acids is 3. The quantitative estimate of drug-likeness (QED) is 0.241. The molecule has 0 aromatic heterocycles. The van der Waals surface area contributed by atoms with Gasteiger partial charge < -0.3 is 26.0 Å². The van der Waals surface area contributed by atoms with E-state index < -0.39 is 22.9 Å². The maximum atomic E-state index is 13.8. The molecule has 0 aromatic rings. The van der Waals surface area contributed by atoms with Crippen molar-refractivity contribution in [1.82, 2.24) is 15.5 Å². The van der Waals surface area contributed by atoms with Gasteiger partial charge in [-0.05, 0) is 83.8 Å². The number of hydrogen-bond acceptors (Lipinski definition) is 6. The molecule has 2 fully saturated rings. The van der Waals surface area contributed by atoms with Gasteiger partial charge >= 0.3 is 6.09 Å². The lowest BCUT2D eigenvalue weighted by Gasteiger charge is -2.37. The molecule has 5 N–H and O–H groups in total. The third-order valence-electron chi connectivity index (χ3n) is 7.03. The first-order valence-corrected chi connectivity index (χ1v) is 14.3. The number of thioether (sulfide) groups is 1. The molecule has 10 heteroatoms. The van der Waals surface area contributed by atoms with Crippen LogP contribution in [0.25, 0.3) is 0 Å². The minimum atomic E-state index is -0.817. The van der Waals surface area contributed by atoms with Crippen molar-refractivity contribution >= 4 is 35.5 Å². The van der Waals surface area contributed by atoms with E-state index in [2.05, 4.69) is 24.5 Å². The molecule has 1 heterocycles. The number of likely N-dealkylation sites (tertiary alicyclic amines) is 1. The molecule has 206 valence electrons. The lowest BCUT2D eigenvalue weighted by atomic mass is 9.81. The van der Waals surface area contributed by atoms with Gasteiger partial charge in [-0.3, -0.25) is 15.0 Å². The number of nitrogens with one attached hydrogen (secondary N) is 3. The molecule has 0 aromatic carbocycles. The summed E-state index contributed by atoms with van der Waals surface area (Å²) in [6.45, 7) is 12.7. The first kappa shape index (κ1) is 30.3. The average molecular weight is 526 g/mol. The predicted molar refractivity (Wildman–Crippen MR) is 145 cm³/mol. The molecular formula is C26H47N5O4S. The van der Waals surface area contributed by atoms with Crippen LogP contribution in [-0.4, -0.2) is 70.4 Å². The molecule has 2 aliphatic rings. The van der Waals surface area contributed by atoms with Gasteiger partial charge in [-0.2, -0.15) is 11.8 Å². The minimum absolute atomic E-state index is 0.134. The van der Waals surface area contributed by atoms with Crippen molar-refractivity contribution < 1.29 is 19.1 Å². The predicted octanol–water partition coefficient (Wildman–Crippen LogP) is 3.51. The molecular weight excluding hydrogens is 478 g/mol. The highest BCUT2D eigenvalue weighted by molar-refractivity contribution is 8.00. The zero-order valence-corrected chi connectivity index (χ0v) is 23.7. The number of amides is 3. The van der Waals surface area contributed by atoms with Gasteiger partial charge in [-0.1, -0.05) is 13.8 Å². The van der Waals surface area contributed by atoms with E-state index in [4.69, 9.17) is 15.9 Å². The molecule has 0 bridgehead atoms. The number of nitrogens with zero attached hydrogens (tertiary/aromatic N) is 1.